The summed E-state index contributed by atoms with van der Waals surface area (Å²) in [4.78, 5) is 19.6. The van der Waals surface area contributed by atoms with E-state index in [2.05, 4.69) is 39.5 Å². The number of fused-ring (bicyclic) bond motifs is 2. The lowest BCUT2D eigenvalue weighted by atomic mass is 10.0. The van der Waals surface area contributed by atoms with Crippen molar-refractivity contribution in [2.45, 2.75) is 0 Å². The van der Waals surface area contributed by atoms with Crippen molar-refractivity contribution in [3.63, 3.8) is 0 Å². The van der Waals surface area contributed by atoms with Crippen LogP contribution < -0.4 is 15.6 Å². The summed E-state index contributed by atoms with van der Waals surface area (Å²) in [5.41, 5.74) is 4.06. The van der Waals surface area contributed by atoms with E-state index in [9.17, 15) is 4.79 Å². The minimum absolute atomic E-state index is 0.207. The standard InChI is InChI=1S/C22H18ClN3O2/c23-17-2-1-3-18-19(17)21(27)20-22(28-18)16(8-9-25-20)14-4-6-15(7-5-14)26-12-10-24-11-13-26/h1-9,24H,10-13H2. The van der Waals surface area contributed by atoms with E-state index in [0.29, 0.717) is 27.1 Å². The number of aromatic nitrogens is 1. The van der Waals surface area contributed by atoms with E-state index < -0.39 is 0 Å². The minimum atomic E-state index is -0.207. The molecule has 2 aromatic heterocycles. The Hall–Kier alpha value is -2.89. The Morgan fingerprint density at radius 1 is 1.04 bits per heavy atom. The van der Waals surface area contributed by atoms with Crippen LogP contribution in [0.2, 0.25) is 5.02 Å². The lowest BCUT2D eigenvalue weighted by molar-refractivity contribution is 0.589. The maximum absolute atomic E-state index is 12.9. The number of rotatable bonds is 2. The van der Waals surface area contributed by atoms with Gasteiger partial charge in [-0.25, -0.2) is 4.98 Å². The largest absolute Gasteiger partial charge is 0.453 e. The van der Waals surface area contributed by atoms with Crippen molar-refractivity contribution >= 4 is 39.4 Å². The molecule has 28 heavy (non-hydrogen) atoms. The molecule has 5 rings (SSSR count). The van der Waals surface area contributed by atoms with E-state index in [1.165, 1.54) is 5.69 Å². The maximum Gasteiger partial charge on any atom is 0.220 e. The van der Waals surface area contributed by atoms with Gasteiger partial charge in [0.15, 0.2) is 11.1 Å². The van der Waals surface area contributed by atoms with Crippen LogP contribution in [-0.4, -0.2) is 31.2 Å². The van der Waals surface area contributed by atoms with Crippen LogP contribution in [0.4, 0.5) is 5.69 Å². The van der Waals surface area contributed by atoms with Crippen LogP contribution in [0.25, 0.3) is 33.2 Å². The van der Waals surface area contributed by atoms with Gasteiger partial charge in [0, 0.05) is 43.6 Å². The zero-order valence-electron chi connectivity index (χ0n) is 15.1. The molecule has 6 heteroatoms. The highest BCUT2D eigenvalue weighted by molar-refractivity contribution is 6.35. The highest BCUT2D eigenvalue weighted by Gasteiger charge is 2.16. The molecule has 1 N–H and O–H groups in total. The van der Waals surface area contributed by atoms with Gasteiger partial charge in [0.1, 0.15) is 5.58 Å². The Labute approximate surface area is 166 Å². The predicted molar refractivity (Wildman–Crippen MR) is 113 cm³/mol. The molecular weight excluding hydrogens is 374 g/mol. The second-order valence-corrected chi connectivity index (χ2v) is 7.27. The smallest absolute Gasteiger partial charge is 0.220 e. The lowest BCUT2D eigenvalue weighted by Crippen LogP contribution is -2.43. The van der Waals surface area contributed by atoms with Crippen molar-refractivity contribution in [1.82, 2.24) is 10.3 Å². The fourth-order valence-corrected chi connectivity index (χ4v) is 4.01. The Kier molecular flexibility index (Phi) is 4.26. The summed E-state index contributed by atoms with van der Waals surface area (Å²) in [6, 6.07) is 15.4. The number of nitrogens with zero attached hydrogens (tertiary/aromatic N) is 2. The second-order valence-electron chi connectivity index (χ2n) is 6.86. The van der Waals surface area contributed by atoms with Crippen molar-refractivity contribution < 1.29 is 4.42 Å². The second kappa shape index (κ2) is 6.93. The van der Waals surface area contributed by atoms with E-state index in [-0.39, 0.29) is 5.43 Å². The van der Waals surface area contributed by atoms with Gasteiger partial charge < -0.3 is 14.6 Å². The summed E-state index contributed by atoms with van der Waals surface area (Å²) in [6.07, 6.45) is 1.64. The van der Waals surface area contributed by atoms with Crippen molar-refractivity contribution in [2.24, 2.45) is 0 Å². The van der Waals surface area contributed by atoms with Gasteiger partial charge in [-0.3, -0.25) is 4.79 Å². The van der Waals surface area contributed by atoms with E-state index in [1.807, 2.05) is 6.07 Å². The first-order valence-corrected chi connectivity index (χ1v) is 9.66. The van der Waals surface area contributed by atoms with Gasteiger partial charge in [0.25, 0.3) is 0 Å². The summed E-state index contributed by atoms with van der Waals surface area (Å²) < 4.78 is 6.07. The molecule has 2 aromatic carbocycles. The summed E-state index contributed by atoms with van der Waals surface area (Å²) in [5.74, 6) is 0. The Balaban J connectivity index is 1.65. The zero-order chi connectivity index (χ0) is 19.1. The van der Waals surface area contributed by atoms with Gasteiger partial charge in [-0.15, -0.1) is 0 Å². The average Bonchev–Trinajstić information content (AvgIpc) is 2.74. The SMILES string of the molecule is O=c1c2nccc(-c3ccc(N4CCNCC4)cc3)c2oc2cccc(Cl)c12. The first-order chi connectivity index (χ1) is 13.7. The molecule has 3 heterocycles. The first kappa shape index (κ1) is 17.2. The van der Waals surface area contributed by atoms with E-state index >= 15 is 0 Å². The number of piperazine rings is 1. The monoisotopic (exact) mass is 391 g/mol. The highest BCUT2D eigenvalue weighted by Crippen LogP contribution is 2.31. The number of benzene rings is 2. The van der Waals surface area contributed by atoms with Gasteiger partial charge in [-0.05, 0) is 35.9 Å². The Morgan fingerprint density at radius 3 is 2.61 bits per heavy atom. The molecule has 1 fully saturated rings. The first-order valence-electron chi connectivity index (χ1n) is 9.28. The molecule has 1 aliphatic heterocycles. The van der Waals surface area contributed by atoms with Crippen LogP contribution in [0, 0.1) is 0 Å². The maximum atomic E-state index is 12.9. The molecule has 5 nitrogen and oxygen atoms in total. The fraction of sp³-hybridized carbons (Fsp3) is 0.182. The Morgan fingerprint density at radius 2 is 1.82 bits per heavy atom. The van der Waals surface area contributed by atoms with E-state index in [1.54, 1.807) is 24.4 Å². The number of hydrogen-bond acceptors (Lipinski definition) is 5. The molecule has 0 spiro atoms. The van der Waals surface area contributed by atoms with Gasteiger partial charge >= 0.3 is 0 Å². The molecule has 0 atom stereocenters. The average molecular weight is 392 g/mol. The van der Waals surface area contributed by atoms with Crippen molar-refractivity contribution in [2.75, 3.05) is 31.1 Å². The number of hydrogen-bond donors (Lipinski definition) is 1. The molecule has 1 aliphatic rings. The summed E-state index contributed by atoms with van der Waals surface area (Å²) >= 11 is 6.21. The third kappa shape index (κ3) is 2.84. The molecule has 1 saturated heterocycles. The van der Waals surface area contributed by atoms with Crippen LogP contribution in [0.5, 0.6) is 0 Å². The van der Waals surface area contributed by atoms with Gasteiger partial charge in [-0.1, -0.05) is 29.8 Å². The van der Waals surface area contributed by atoms with Crippen molar-refractivity contribution in [3.8, 4) is 11.1 Å². The summed E-state index contributed by atoms with van der Waals surface area (Å²) in [7, 11) is 0. The molecule has 0 unspecified atom stereocenters. The summed E-state index contributed by atoms with van der Waals surface area (Å²) in [6.45, 7) is 3.99. The molecule has 0 saturated carbocycles. The van der Waals surface area contributed by atoms with Gasteiger partial charge in [0.05, 0.1) is 10.4 Å². The fourth-order valence-electron chi connectivity index (χ4n) is 3.75. The molecular formula is C22H18ClN3O2. The van der Waals surface area contributed by atoms with Crippen molar-refractivity contribution in [3.05, 3.63) is 70.0 Å². The van der Waals surface area contributed by atoms with Crippen molar-refractivity contribution in [1.29, 1.82) is 0 Å². The van der Waals surface area contributed by atoms with E-state index in [0.717, 1.165) is 37.3 Å². The molecule has 0 amide bonds. The topological polar surface area (TPSA) is 58.4 Å². The van der Waals surface area contributed by atoms with Gasteiger partial charge in [-0.2, -0.15) is 0 Å². The van der Waals surface area contributed by atoms with Crippen LogP contribution >= 0.6 is 11.6 Å². The third-order valence-electron chi connectivity index (χ3n) is 5.19. The molecule has 0 aliphatic carbocycles. The van der Waals surface area contributed by atoms with E-state index in [4.69, 9.17) is 16.0 Å². The normalized spacial score (nSPS) is 14.7. The molecule has 0 bridgehead atoms. The van der Waals surface area contributed by atoms with Crippen LogP contribution in [0.3, 0.4) is 0 Å². The number of anilines is 1. The number of halogens is 1. The lowest BCUT2D eigenvalue weighted by Gasteiger charge is -2.29. The minimum Gasteiger partial charge on any atom is -0.453 e. The third-order valence-corrected chi connectivity index (χ3v) is 5.51. The van der Waals surface area contributed by atoms with Gasteiger partial charge in [0.2, 0.25) is 5.43 Å². The highest BCUT2D eigenvalue weighted by atomic mass is 35.5. The molecule has 140 valence electrons. The molecule has 4 aromatic rings. The Bertz CT molecular complexity index is 1230. The number of nitrogens with one attached hydrogen (secondary N) is 1. The molecule has 0 radical (unpaired) electrons. The van der Waals surface area contributed by atoms with Crippen LogP contribution in [-0.2, 0) is 0 Å². The predicted octanol–water partition coefficient (Wildman–Crippen LogP) is 4.07. The number of pyridine rings is 1. The van der Waals surface area contributed by atoms with Crippen LogP contribution in [0.1, 0.15) is 0 Å². The summed E-state index contributed by atoms with van der Waals surface area (Å²) in [5, 5.41) is 4.11. The quantitative estimate of drug-likeness (QED) is 0.522. The van der Waals surface area contributed by atoms with Crippen LogP contribution in [0.15, 0.2) is 63.9 Å². The zero-order valence-corrected chi connectivity index (χ0v) is 15.9.